The zero-order chi connectivity index (χ0) is 23.0. The summed E-state index contributed by atoms with van der Waals surface area (Å²) in [6.07, 6.45) is 1.52. The fourth-order valence-corrected chi connectivity index (χ4v) is 3.60. The first-order valence-corrected chi connectivity index (χ1v) is 11.0. The molecule has 4 aromatic rings. The Morgan fingerprint density at radius 2 is 1.76 bits per heavy atom. The summed E-state index contributed by atoms with van der Waals surface area (Å²) in [5.41, 5.74) is 4.76. The number of fused-ring (bicyclic) bond motifs is 1. The molecule has 0 unspecified atom stereocenters. The van der Waals surface area contributed by atoms with Crippen molar-refractivity contribution in [1.29, 1.82) is 0 Å². The molecule has 4 rings (SSSR count). The Morgan fingerprint density at radius 3 is 2.58 bits per heavy atom. The van der Waals surface area contributed by atoms with Gasteiger partial charge in [-0.2, -0.15) is 5.10 Å². The number of hydrazone groups is 1. The first kappa shape index (κ1) is 22.4. The number of hydrogen-bond acceptors (Lipinski definition) is 4. The average Bonchev–Trinajstić information content (AvgIpc) is 2.84. The third-order valence-corrected chi connectivity index (χ3v) is 5.27. The van der Waals surface area contributed by atoms with Crippen LogP contribution in [0.25, 0.3) is 10.8 Å². The van der Waals surface area contributed by atoms with Gasteiger partial charge in [0, 0.05) is 16.1 Å². The number of nitrogens with one attached hydrogen (secondary N) is 1. The van der Waals surface area contributed by atoms with Crippen LogP contribution in [0.2, 0.25) is 5.02 Å². The lowest BCUT2D eigenvalue weighted by atomic mass is 10.1. The number of carbonyl (C=O) groups excluding carboxylic acids is 1. The van der Waals surface area contributed by atoms with E-state index in [4.69, 9.17) is 21.1 Å². The van der Waals surface area contributed by atoms with Crippen molar-refractivity contribution < 1.29 is 14.3 Å². The minimum absolute atomic E-state index is 0.324. The lowest BCUT2D eigenvalue weighted by Gasteiger charge is -2.11. The van der Waals surface area contributed by atoms with E-state index in [-0.39, 0.29) is 5.91 Å². The SMILES string of the molecule is CCOc1ccc(C(=O)N/N=C/c2cc(Cl)ccc2OCc2cccc3ccccc23)cc1. The van der Waals surface area contributed by atoms with Crippen molar-refractivity contribution in [2.75, 3.05) is 6.61 Å². The fraction of sp³-hybridized carbons (Fsp3) is 0.111. The van der Waals surface area contributed by atoms with E-state index in [1.54, 1.807) is 42.5 Å². The summed E-state index contributed by atoms with van der Waals surface area (Å²) >= 11 is 6.17. The van der Waals surface area contributed by atoms with Crippen LogP contribution in [0.4, 0.5) is 0 Å². The maximum Gasteiger partial charge on any atom is 0.271 e. The Labute approximate surface area is 197 Å². The number of carbonyl (C=O) groups is 1. The molecule has 0 aliphatic heterocycles. The molecule has 33 heavy (non-hydrogen) atoms. The molecular weight excluding hydrogens is 436 g/mol. The van der Waals surface area contributed by atoms with Crippen molar-refractivity contribution in [2.24, 2.45) is 5.10 Å². The molecule has 0 aliphatic rings. The van der Waals surface area contributed by atoms with Crippen LogP contribution in [0.1, 0.15) is 28.4 Å². The number of benzene rings is 4. The third-order valence-electron chi connectivity index (χ3n) is 5.03. The van der Waals surface area contributed by atoms with Gasteiger partial charge in [0.1, 0.15) is 18.1 Å². The van der Waals surface area contributed by atoms with Crippen molar-refractivity contribution in [3.63, 3.8) is 0 Å². The largest absolute Gasteiger partial charge is 0.494 e. The van der Waals surface area contributed by atoms with Gasteiger partial charge < -0.3 is 9.47 Å². The van der Waals surface area contributed by atoms with Crippen molar-refractivity contribution in [2.45, 2.75) is 13.5 Å². The summed E-state index contributed by atoms with van der Waals surface area (Å²) in [5.74, 6) is 1.01. The maximum atomic E-state index is 12.4. The minimum atomic E-state index is -0.324. The Bertz CT molecular complexity index is 1280. The highest BCUT2D eigenvalue weighted by atomic mass is 35.5. The summed E-state index contributed by atoms with van der Waals surface area (Å²) in [6, 6.07) is 26.5. The van der Waals surface area contributed by atoms with E-state index in [1.807, 2.05) is 31.2 Å². The topological polar surface area (TPSA) is 59.9 Å². The van der Waals surface area contributed by atoms with Crippen LogP contribution in [0, 0.1) is 0 Å². The van der Waals surface area contributed by atoms with Crippen LogP contribution in [-0.4, -0.2) is 18.7 Å². The van der Waals surface area contributed by atoms with Gasteiger partial charge in [-0.15, -0.1) is 0 Å². The van der Waals surface area contributed by atoms with Gasteiger partial charge in [-0.3, -0.25) is 4.79 Å². The highest BCUT2D eigenvalue weighted by molar-refractivity contribution is 6.30. The first-order valence-electron chi connectivity index (χ1n) is 10.6. The van der Waals surface area contributed by atoms with Gasteiger partial charge in [-0.05, 0) is 65.7 Å². The first-order chi connectivity index (χ1) is 16.1. The van der Waals surface area contributed by atoms with Crippen LogP contribution >= 0.6 is 11.6 Å². The molecule has 0 saturated heterocycles. The summed E-state index contributed by atoms with van der Waals surface area (Å²) in [7, 11) is 0. The predicted octanol–water partition coefficient (Wildman–Crippen LogP) is 6.23. The van der Waals surface area contributed by atoms with E-state index in [0.29, 0.717) is 40.9 Å². The monoisotopic (exact) mass is 458 g/mol. The molecule has 5 nitrogen and oxygen atoms in total. The summed E-state index contributed by atoms with van der Waals surface area (Å²) < 4.78 is 11.5. The number of nitrogens with zero attached hydrogens (tertiary/aromatic N) is 1. The van der Waals surface area contributed by atoms with Crippen LogP contribution in [0.5, 0.6) is 11.5 Å². The molecule has 0 bridgehead atoms. The van der Waals surface area contributed by atoms with Gasteiger partial charge in [-0.25, -0.2) is 5.43 Å². The molecule has 0 saturated carbocycles. The molecule has 0 fully saturated rings. The van der Waals surface area contributed by atoms with Crippen LogP contribution in [-0.2, 0) is 6.61 Å². The lowest BCUT2D eigenvalue weighted by molar-refractivity contribution is 0.0955. The van der Waals surface area contributed by atoms with Crippen molar-refractivity contribution >= 4 is 34.5 Å². The molecule has 1 amide bonds. The van der Waals surface area contributed by atoms with Gasteiger partial charge in [-0.1, -0.05) is 54.1 Å². The third kappa shape index (κ3) is 5.70. The van der Waals surface area contributed by atoms with Crippen molar-refractivity contribution in [3.05, 3.63) is 107 Å². The number of rotatable bonds is 8. The van der Waals surface area contributed by atoms with Gasteiger partial charge in [0.25, 0.3) is 5.91 Å². The van der Waals surface area contributed by atoms with Crippen molar-refractivity contribution in [1.82, 2.24) is 5.43 Å². The van der Waals surface area contributed by atoms with Gasteiger partial charge >= 0.3 is 0 Å². The number of halogens is 1. The number of ether oxygens (including phenoxy) is 2. The van der Waals surface area contributed by atoms with Crippen LogP contribution in [0.15, 0.2) is 90.0 Å². The molecule has 166 valence electrons. The van der Waals surface area contributed by atoms with Gasteiger partial charge in [0.15, 0.2) is 0 Å². The van der Waals surface area contributed by atoms with E-state index in [0.717, 1.165) is 16.3 Å². The fourth-order valence-electron chi connectivity index (χ4n) is 3.42. The summed E-state index contributed by atoms with van der Waals surface area (Å²) in [5, 5.41) is 6.94. The highest BCUT2D eigenvalue weighted by Crippen LogP contribution is 2.25. The molecule has 0 aromatic heterocycles. The van der Waals surface area contributed by atoms with E-state index in [9.17, 15) is 4.79 Å². The molecule has 0 spiro atoms. The smallest absolute Gasteiger partial charge is 0.271 e. The highest BCUT2D eigenvalue weighted by Gasteiger charge is 2.07. The summed E-state index contributed by atoms with van der Waals surface area (Å²) in [6.45, 7) is 2.87. The van der Waals surface area contributed by atoms with Crippen LogP contribution in [0.3, 0.4) is 0 Å². The average molecular weight is 459 g/mol. The molecule has 1 N–H and O–H groups in total. The van der Waals surface area contributed by atoms with Gasteiger partial charge in [0.05, 0.1) is 12.8 Å². The zero-order valence-corrected chi connectivity index (χ0v) is 18.9. The predicted molar refractivity (Wildman–Crippen MR) is 132 cm³/mol. The molecular formula is C27H23ClN2O3. The normalized spacial score (nSPS) is 11.0. The number of amides is 1. The second-order valence-electron chi connectivity index (χ2n) is 7.27. The van der Waals surface area contributed by atoms with Crippen LogP contribution < -0.4 is 14.9 Å². The molecule has 0 radical (unpaired) electrons. The molecule has 0 heterocycles. The zero-order valence-electron chi connectivity index (χ0n) is 18.1. The Morgan fingerprint density at radius 1 is 0.970 bits per heavy atom. The Kier molecular flexibility index (Phi) is 7.22. The quantitative estimate of drug-likeness (QED) is 0.251. The van der Waals surface area contributed by atoms with E-state index in [2.05, 4.69) is 28.7 Å². The lowest BCUT2D eigenvalue weighted by Crippen LogP contribution is -2.17. The van der Waals surface area contributed by atoms with E-state index in [1.165, 1.54) is 6.21 Å². The van der Waals surface area contributed by atoms with Gasteiger partial charge in [0.2, 0.25) is 0 Å². The molecule has 0 aliphatic carbocycles. The van der Waals surface area contributed by atoms with E-state index >= 15 is 0 Å². The Balaban J connectivity index is 1.45. The number of hydrogen-bond donors (Lipinski definition) is 1. The standard InChI is InChI=1S/C27H23ClN2O3/c1-2-32-24-13-10-20(11-14-24)27(31)30-29-17-22-16-23(28)12-15-26(22)33-18-21-8-5-7-19-6-3-4-9-25(19)21/h3-17H,2,18H2,1H3,(H,30,31)/b29-17+. The molecule has 6 heteroatoms. The van der Waals surface area contributed by atoms with E-state index < -0.39 is 0 Å². The maximum absolute atomic E-state index is 12.4. The molecule has 0 atom stereocenters. The van der Waals surface area contributed by atoms with Crippen molar-refractivity contribution in [3.8, 4) is 11.5 Å². The second kappa shape index (κ2) is 10.7. The summed E-state index contributed by atoms with van der Waals surface area (Å²) in [4.78, 5) is 12.4. The minimum Gasteiger partial charge on any atom is -0.494 e. The molecule has 4 aromatic carbocycles. The Hall–Kier alpha value is -3.83. The second-order valence-corrected chi connectivity index (χ2v) is 7.70.